The number of para-hydroxylation sites is 1. The molecular weight excluding hydrogens is 432 g/mol. The molecule has 170 valence electrons. The number of halogens is 1. The third-order valence-corrected chi connectivity index (χ3v) is 6.73. The third-order valence-electron chi connectivity index (χ3n) is 6.50. The molecule has 0 saturated heterocycles. The molecule has 0 spiro atoms. The first kappa shape index (κ1) is 21.8. The molecule has 0 unspecified atom stereocenters. The van der Waals surface area contributed by atoms with Gasteiger partial charge in [0.15, 0.2) is 0 Å². The second-order valence-electron chi connectivity index (χ2n) is 8.77. The van der Waals surface area contributed by atoms with Gasteiger partial charge in [-0.1, -0.05) is 29.8 Å². The lowest BCUT2D eigenvalue weighted by Crippen LogP contribution is -2.29. The summed E-state index contributed by atoms with van der Waals surface area (Å²) in [5, 5.41) is 9.70. The molecule has 33 heavy (non-hydrogen) atoms. The van der Waals surface area contributed by atoms with E-state index < -0.39 is 0 Å². The number of H-pyrrole nitrogens is 1. The van der Waals surface area contributed by atoms with Gasteiger partial charge in [0.1, 0.15) is 0 Å². The first-order valence-electron chi connectivity index (χ1n) is 11.9. The number of aromatic amines is 1. The SMILES string of the molecule is O=C(CCCc1c[nH]c2ccccc12)NCCNc1c2c(nc3cc(Cl)ccc13)CCCC2. The molecule has 1 aliphatic rings. The summed E-state index contributed by atoms with van der Waals surface area (Å²) in [6.07, 6.45) is 8.75. The van der Waals surface area contributed by atoms with Gasteiger partial charge < -0.3 is 15.6 Å². The average molecular weight is 461 g/mol. The molecular formula is C27H29ClN4O. The second kappa shape index (κ2) is 9.84. The Hall–Kier alpha value is -3.05. The molecule has 4 aromatic rings. The maximum absolute atomic E-state index is 12.4. The standard InChI is InChI=1S/C27H29ClN4O/c28-19-12-13-22-25(16-19)32-24-10-4-2-8-21(24)27(22)30-15-14-29-26(33)11-5-6-18-17-31-23-9-3-1-7-20(18)23/h1,3,7,9,12-13,16-17,31H,2,4-6,8,10-11,14-15H2,(H,29,33)(H,30,32). The Morgan fingerprint density at radius 1 is 1.06 bits per heavy atom. The highest BCUT2D eigenvalue weighted by molar-refractivity contribution is 6.31. The number of benzene rings is 2. The lowest BCUT2D eigenvalue weighted by molar-refractivity contribution is -0.121. The molecule has 0 bridgehead atoms. The van der Waals surface area contributed by atoms with Crippen LogP contribution in [0.5, 0.6) is 0 Å². The molecule has 1 aliphatic carbocycles. The van der Waals surface area contributed by atoms with Crippen LogP contribution in [-0.4, -0.2) is 29.0 Å². The van der Waals surface area contributed by atoms with Crippen LogP contribution in [-0.2, 0) is 24.1 Å². The van der Waals surface area contributed by atoms with E-state index in [0.29, 0.717) is 24.5 Å². The summed E-state index contributed by atoms with van der Waals surface area (Å²) in [6.45, 7) is 1.28. The van der Waals surface area contributed by atoms with Crippen molar-refractivity contribution in [3.8, 4) is 0 Å². The van der Waals surface area contributed by atoms with E-state index in [-0.39, 0.29) is 5.91 Å². The summed E-state index contributed by atoms with van der Waals surface area (Å²) in [5.41, 5.74) is 7.01. The zero-order valence-electron chi connectivity index (χ0n) is 18.7. The van der Waals surface area contributed by atoms with Gasteiger partial charge in [-0.25, -0.2) is 0 Å². The minimum absolute atomic E-state index is 0.102. The summed E-state index contributed by atoms with van der Waals surface area (Å²) in [7, 11) is 0. The number of hydrogen-bond donors (Lipinski definition) is 3. The maximum Gasteiger partial charge on any atom is 0.220 e. The number of pyridine rings is 1. The molecule has 0 atom stereocenters. The van der Waals surface area contributed by atoms with Crippen LogP contribution < -0.4 is 10.6 Å². The lowest BCUT2D eigenvalue weighted by Gasteiger charge is -2.22. The number of aromatic nitrogens is 2. The number of carbonyl (C=O) groups is 1. The summed E-state index contributed by atoms with van der Waals surface area (Å²) >= 11 is 6.21. The Balaban J connectivity index is 1.14. The van der Waals surface area contributed by atoms with Gasteiger partial charge >= 0.3 is 0 Å². The fraction of sp³-hybridized carbons (Fsp3) is 0.333. The first-order chi connectivity index (χ1) is 16.2. The van der Waals surface area contributed by atoms with E-state index in [4.69, 9.17) is 16.6 Å². The summed E-state index contributed by atoms with van der Waals surface area (Å²) in [4.78, 5) is 20.5. The van der Waals surface area contributed by atoms with Gasteiger partial charge in [0.05, 0.1) is 5.52 Å². The molecule has 0 radical (unpaired) electrons. The van der Waals surface area contributed by atoms with Crippen molar-refractivity contribution >= 4 is 45.0 Å². The maximum atomic E-state index is 12.4. The van der Waals surface area contributed by atoms with Crippen LogP contribution in [0, 0.1) is 0 Å². The van der Waals surface area contributed by atoms with E-state index in [0.717, 1.165) is 47.8 Å². The Bertz CT molecular complexity index is 1300. The van der Waals surface area contributed by atoms with Crippen molar-refractivity contribution in [1.82, 2.24) is 15.3 Å². The number of rotatable bonds is 8. The number of nitrogens with zero attached hydrogens (tertiary/aromatic N) is 1. The Labute approximate surface area is 198 Å². The van der Waals surface area contributed by atoms with Crippen LogP contribution >= 0.6 is 11.6 Å². The molecule has 1 amide bonds. The van der Waals surface area contributed by atoms with Gasteiger partial charge in [0.2, 0.25) is 5.91 Å². The van der Waals surface area contributed by atoms with Crippen molar-refractivity contribution in [3.63, 3.8) is 0 Å². The second-order valence-corrected chi connectivity index (χ2v) is 9.21. The molecule has 6 heteroatoms. The topological polar surface area (TPSA) is 69.8 Å². The minimum atomic E-state index is 0.102. The fourth-order valence-corrected chi connectivity index (χ4v) is 5.02. The van der Waals surface area contributed by atoms with Crippen molar-refractivity contribution in [3.05, 3.63) is 70.5 Å². The lowest BCUT2D eigenvalue weighted by atomic mass is 9.92. The number of aryl methyl sites for hydroxylation is 2. The molecule has 2 aromatic carbocycles. The van der Waals surface area contributed by atoms with Gasteiger partial charge in [-0.15, -0.1) is 0 Å². The van der Waals surface area contributed by atoms with Crippen LogP contribution in [0.1, 0.15) is 42.5 Å². The third kappa shape index (κ3) is 4.83. The molecule has 3 N–H and O–H groups in total. The fourth-order valence-electron chi connectivity index (χ4n) is 4.86. The molecule has 0 saturated carbocycles. The monoisotopic (exact) mass is 460 g/mol. The average Bonchev–Trinajstić information content (AvgIpc) is 3.24. The number of anilines is 1. The van der Waals surface area contributed by atoms with Crippen LogP contribution in [0.2, 0.25) is 5.02 Å². The van der Waals surface area contributed by atoms with Gasteiger partial charge in [-0.2, -0.15) is 0 Å². The Morgan fingerprint density at radius 2 is 1.94 bits per heavy atom. The first-order valence-corrected chi connectivity index (χ1v) is 12.2. The Morgan fingerprint density at radius 3 is 2.88 bits per heavy atom. The van der Waals surface area contributed by atoms with E-state index in [1.807, 2.05) is 24.3 Å². The summed E-state index contributed by atoms with van der Waals surface area (Å²) in [5.74, 6) is 0.102. The number of nitrogens with one attached hydrogen (secondary N) is 3. The minimum Gasteiger partial charge on any atom is -0.382 e. The van der Waals surface area contributed by atoms with E-state index in [2.05, 4.69) is 40.0 Å². The largest absolute Gasteiger partial charge is 0.382 e. The molecule has 5 rings (SSSR count). The smallest absolute Gasteiger partial charge is 0.220 e. The van der Waals surface area contributed by atoms with Gasteiger partial charge in [0, 0.05) is 58.4 Å². The molecule has 5 nitrogen and oxygen atoms in total. The van der Waals surface area contributed by atoms with E-state index >= 15 is 0 Å². The van der Waals surface area contributed by atoms with Crippen molar-refractivity contribution in [1.29, 1.82) is 0 Å². The molecule has 2 aromatic heterocycles. The summed E-state index contributed by atoms with van der Waals surface area (Å²) in [6, 6.07) is 14.2. The number of hydrogen-bond acceptors (Lipinski definition) is 3. The number of fused-ring (bicyclic) bond motifs is 3. The van der Waals surface area contributed by atoms with Gasteiger partial charge in [0.25, 0.3) is 0 Å². The zero-order valence-corrected chi connectivity index (χ0v) is 19.5. The van der Waals surface area contributed by atoms with Crippen LogP contribution in [0.3, 0.4) is 0 Å². The van der Waals surface area contributed by atoms with Crippen LogP contribution in [0.15, 0.2) is 48.7 Å². The molecule has 2 heterocycles. The number of carbonyl (C=O) groups excluding carboxylic acids is 1. The zero-order chi connectivity index (χ0) is 22.6. The molecule has 0 fully saturated rings. The van der Waals surface area contributed by atoms with Crippen molar-refractivity contribution in [2.75, 3.05) is 18.4 Å². The normalized spacial score (nSPS) is 13.2. The summed E-state index contributed by atoms with van der Waals surface area (Å²) < 4.78 is 0. The van der Waals surface area contributed by atoms with Gasteiger partial charge in [-0.05, 0) is 73.9 Å². The van der Waals surface area contributed by atoms with Crippen molar-refractivity contribution in [2.24, 2.45) is 0 Å². The van der Waals surface area contributed by atoms with Gasteiger partial charge in [-0.3, -0.25) is 9.78 Å². The van der Waals surface area contributed by atoms with Crippen molar-refractivity contribution in [2.45, 2.75) is 44.9 Å². The highest BCUT2D eigenvalue weighted by Gasteiger charge is 2.18. The predicted molar refractivity (Wildman–Crippen MR) is 136 cm³/mol. The van der Waals surface area contributed by atoms with E-state index in [1.165, 1.54) is 35.0 Å². The van der Waals surface area contributed by atoms with Crippen LogP contribution in [0.4, 0.5) is 5.69 Å². The van der Waals surface area contributed by atoms with E-state index in [9.17, 15) is 4.79 Å². The predicted octanol–water partition coefficient (Wildman–Crippen LogP) is 5.80. The van der Waals surface area contributed by atoms with E-state index in [1.54, 1.807) is 0 Å². The van der Waals surface area contributed by atoms with Crippen molar-refractivity contribution < 1.29 is 4.79 Å². The number of amides is 1. The quantitative estimate of drug-likeness (QED) is 0.291. The highest BCUT2D eigenvalue weighted by Crippen LogP contribution is 2.34. The highest BCUT2D eigenvalue weighted by atomic mass is 35.5. The molecule has 0 aliphatic heterocycles. The Kier molecular flexibility index (Phi) is 6.49. The van der Waals surface area contributed by atoms with Crippen LogP contribution in [0.25, 0.3) is 21.8 Å².